The molecule has 25 heavy (non-hydrogen) atoms. The third-order valence-corrected chi connectivity index (χ3v) is 4.67. The second-order valence-electron chi connectivity index (χ2n) is 6.06. The molecule has 1 aromatic heterocycles. The zero-order valence-electron chi connectivity index (χ0n) is 14.6. The summed E-state index contributed by atoms with van der Waals surface area (Å²) < 4.78 is 5.04. The van der Waals surface area contributed by atoms with Gasteiger partial charge in [0.05, 0.1) is 38.3 Å². The maximum Gasteiger partial charge on any atom is 0.158 e. The van der Waals surface area contributed by atoms with Crippen LogP contribution < -0.4 is 10.6 Å². The predicted octanol–water partition coefficient (Wildman–Crippen LogP) is 0.224. The first-order valence-corrected chi connectivity index (χ1v) is 8.86. The number of ketones is 1. The van der Waals surface area contributed by atoms with Crippen LogP contribution in [0.2, 0.25) is 0 Å². The lowest BCUT2D eigenvalue weighted by atomic mass is 9.77. The van der Waals surface area contributed by atoms with Gasteiger partial charge < -0.3 is 28.0 Å². The predicted molar refractivity (Wildman–Crippen MR) is 96.2 cm³/mol. The Labute approximate surface area is 154 Å². The third kappa shape index (κ3) is 5.05. The maximum absolute atomic E-state index is 11.9. The van der Waals surface area contributed by atoms with Gasteiger partial charge in [-0.25, -0.2) is 0 Å². The highest BCUT2D eigenvalue weighted by atomic mass is 32.1. The van der Waals surface area contributed by atoms with Crippen molar-refractivity contribution in [3.8, 4) is 6.07 Å². The molecule has 0 aromatic carbocycles. The van der Waals surface area contributed by atoms with Gasteiger partial charge in [-0.15, -0.1) is 0 Å². The van der Waals surface area contributed by atoms with E-state index in [4.69, 9.17) is 17.4 Å². The number of hydrogen-bond acceptors (Lipinski definition) is 6. The Morgan fingerprint density at radius 3 is 2.64 bits per heavy atom. The van der Waals surface area contributed by atoms with Crippen molar-refractivity contribution < 1.29 is 14.8 Å². The van der Waals surface area contributed by atoms with Gasteiger partial charge in [0, 0.05) is 29.6 Å². The summed E-state index contributed by atoms with van der Waals surface area (Å²) in [5.74, 6) is -0.803. The highest BCUT2D eigenvalue weighted by Crippen LogP contribution is 2.38. The number of Topliss-reactive ketones (excluding diaryl/α,β-unsaturated/α-hetero) is 1. The number of nitrogens with two attached hydrogens (primary N) is 1. The number of hydrogen-bond donors (Lipinski definition) is 2. The highest BCUT2D eigenvalue weighted by molar-refractivity contribution is 7.59. The largest absolute Gasteiger partial charge is 0.767 e. The fraction of sp³-hybridized carbons (Fsp3) is 0.500. The number of morpholine rings is 1. The molecule has 0 spiro atoms. The Bertz CT molecular complexity index is 641. The molecule has 134 valence electrons. The van der Waals surface area contributed by atoms with E-state index in [9.17, 15) is 10.1 Å². The van der Waals surface area contributed by atoms with E-state index >= 15 is 0 Å². The highest BCUT2D eigenvalue weighted by Gasteiger charge is 2.35. The molecule has 3 atom stereocenters. The molecule has 0 saturated carbocycles. The number of ether oxygens (including phenoxy) is 1. The Hall–Kier alpha value is -1.88. The van der Waals surface area contributed by atoms with Gasteiger partial charge in [-0.2, -0.15) is 5.26 Å². The van der Waals surface area contributed by atoms with Gasteiger partial charge in [0.1, 0.15) is 0 Å². The normalized spacial score (nSPS) is 25.9. The average molecular weight is 360 g/mol. The molecule has 3 N–H and O–H groups in total. The van der Waals surface area contributed by atoms with E-state index in [1.807, 2.05) is 13.0 Å². The summed E-state index contributed by atoms with van der Waals surface area (Å²) in [5, 5.41) is 14.3. The van der Waals surface area contributed by atoms with Crippen molar-refractivity contribution in [3.05, 3.63) is 41.4 Å². The maximum atomic E-state index is 11.9. The molecule has 2 aliphatic rings. The lowest BCUT2D eigenvalue weighted by Gasteiger charge is -2.41. The first-order valence-electron chi connectivity index (χ1n) is 8.39. The zero-order valence-corrected chi connectivity index (χ0v) is 15.4. The van der Waals surface area contributed by atoms with Crippen LogP contribution in [0.5, 0.6) is 0 Å². The molecule has 1 saturated heterocycles. The van der Waals surface area contributed by atoms with Crippen molar-refractivity contribution in [1.82, 2.24) is 10.3 Å². The number of quaternary nitrogens is 1. The van der Waals surface area contributed by atoms with Crippen molar-refractivity contribution in [3.63, 3.8) is 0 Å². The summed E-state index contributed by atoms with van der Waals surface area (Å²) in [6.07, 6.45) is 3.36. The molecule has 7 heteroatoms. The lowest BCUT2D eigenvalue weighted by Crippen LogP contribution is -2.87. The van der Waals surface area contributed by atoms with Crippen LogP contribution in [-0.2, 0) is 22.2 Å². The van der Waals surface area contributed by atoms with Crippen LogP contribution >= 0.6 is 0 Å². The molecule has 3 heterocycles. The molecule has 3 unspecified atom stereocenters. The van der Waals surface area contributed by atoms with Gasteiger partial charge in [0.25, 0.3) is 0 Å². The van der Waals surface area contributed by atoms with Crippen molar-refractivity contribution in [1.29, 1.82) is 5.26 Å². The minimum atomic E-state index is -0.457. The summed E-state index contributed by atoms with van der Waals surface area (Å²) in [6.45, 7) is 7.54. The van der Waals surface area contributed by atoms with Gasteiger partial charge in [-0.3, -0.25) is 9.78 Å². The molecule has 3 rings (SSSR count). The summed E-state index contributed by atoms with van der Waals surface area (Å²) >= 11 is 5.30. The molecule has 0 aliphatic carbocycles. The molecule has 2 aliphatic heterocycles. The van der Waals surface area contributed by atoms with Gasteiger partial charge in [0.2, 0.25) is 0 Å². The van der Waals surface area contributed by atoms with Crippen LogP contribution in [0.1, 0.15) is 25.3 Å². The van der Waals surface area contributed by atoms with Crippen molar-refractivity contribution in [2.24, 2.45) is 5.92 Å². The summed E-state index contributed by atoms with van der Waals surface area (Å²) in [7, 11) is 0. The molecule has 6 nitrogen and oxygen atoms in total. The first kappa shape index (κ1) is 19.4. The quantitative estimate of drug-likeness (QED) is 0.734. The molecule has 1 aromatic rings. The summed E-state index contributed by atoms with van der Waals surface area (Å²) in [6, 6.07) is 5.91. The summed E-state index contributed by atoms with van der Waals surface area (Å²) in [4.78, 5) is 16.0. The van der Waals surface area contributed by atoms with Crippen LogP contribution in [0, 0.1) is 17.2 Å². The molecule has 0 amide bonds. The van der Waals surface area contributed by atoms with Crippen LogP contribution in [0.25, 0.3) is 0 Å². The number of nitrogens with zero attached hydrogens (tertiary/aromatic N) is 2. The molecule has 0 radical (unpaired) electrons. The van der Waals surface area contributed by atoms with Gasteiger partial charge in [-0.1, -0.05) is 11.4 Å². The van der Waals surface area contributed by atoms with E-state index in [0.29, 0.717) is 5.57 Å². The molecule has 1 fully saturated rings. The topological polar surface area (TPSA) is 91.6 Å². The van der Waals surface area contributed by atoms with Crippen molar-refractivity contribution in [2.45, 2.75) is 25.1 Å². The Kier molecular flexibility index (Phi) is 7.44. The minimum absolute atomic E-state index is 0.0407. The van der Waals surface area contributed by atoms with Crippen molar-refractivity contribution in [2.75, 3.05) is 26.3 Å². The number of aromatic nitrogens is 1. The first-order chi connectivity index (χ1) is 12.1. The Morgan fingerprint density at radius 1 is 1.48 bits per heavy atom. The third-order valence-electron chi connectivity index (χ3n) is 4.26. The van der Waals surface area contributed by atoms with E-state index in [1.165, 1.54) is 6.92 Å². The van der Waals surface area contributed by atoms with E-state index in [1.54, 1.807) is 18.5 Å². The number of carbonyl (C=O) groups excluding carboxylic acids is 1. The number of rotatable bonds is 2. The van der Waals surface area contributed by atoms with Crippen LogP contribution in [0.3, 0.4) is 0 Å². The fourth-order valence-corrected chi connectivity index (χ4v) is 3.50. The van der Waals surface area contributed by atoms with Gasteiger partial charge in [-0.05, 0) is 25.5 Å². The second-order valence-corrected chi connectivity index (χ2v) is 6.56. The Balaban J connectivity index is 0.000000316. The standard InChI is InChI=1S/C14H15N3OS.C4H9NO/c1-8-12(9(2)18)13(10-4-3-5-16-7-10)11(6-15)14(19)17-8;1-3-6-4-2-5-1/h3-5,7,11,13-14,17,19H,1-2H3;5H,1-4H2. The van der Waals surface area contributed by atoms with Gasteiger partial charge >= 0.3 is 0 Å². The van der Waals surface area contributed by atoms with Crippen molar-refractivity contribution >= 4 is 18.4 Å². The number of allylic oxidation sites excluding steroid dienone is 2. The number of carbonyl (C=O) groups is 1. The SMILES string of the molecule is C1COCC[NH2+]1.CC(=O)C1=C(C)NC([S-])C(C#N)C1c1cccnc1. The van der Waals surface area contributed by atoms with Gasteiger partial charge in [0.15, 0.2) is 5.78 Å². The number of nitrogens with one attached hydrogen (secondary N) is 1. The molecular formula is C18H24N4O2S. The number of nitriles is 1. The number of pyridine rings is 1. The van der Waals surface area contributed by atoms with E-state index in [2.05, 4.69) is 21.7 Å². The van der Waals surface area contributed by atoms with Crippen LogP contribution in [-0.4, -0.2) is 42.4 Å². The minimum Gasteiger partial charge on any atom is -0.767 e. The van der Waals surface area contributed by atoms with E-state index < -0.39 is 11.3 Å². The smallest absolute Gasteiger partial charge is 0.158 e. The molecular weight excluding hydrogens is 336 g/mol. The average Bonchev–Trinajstić information content (AvgIpc) is 2.63. The fourth-order valence-electron chi connectivity index (χ4n) is 3.11. The monoisotopic (exact) mass is 360 g/mol. The zero-order chi connectivity index (χ0) is 18.2. The molecule has 0 bridgehead atoms. The van der Waals surface area contributed by atoms with Crippen LogP contribution in [0.15, 0.2) is 35.8 Å². The summed E-state index contributed by atoms with van der Waals surface area (Å²) in [5.41, 5.74) is 2.24. The lowest BCUT2D eigenvalue weighted by molar-refractivity contribution is -0.670. The second kappa shape index (κ2) is 9.56. The van der Waals surface area contributed by atoms with E-state index in [-0.39, 0.29) is 11.7 Å². The van der Waals surface area contributed by atoms with Crippen LogP contribution in [0.4, 0.5) is 0 Å². The Morgan fingerprint density at radius 2 is 2.20 bits per heavy atom. The van der Waals surface area contributed by atoms with E-state index in [0.717, 1.165) is 37.6 Å².